The first-order valence-corrected chi connectivity index (χ1v) is 16.2. The monoisotopic (exact) mass is 544 g/mol. The zero-order valence-corrected chi connectivity index (χ0v) is 25.1. The molecule has 2 aromatic rings. The Morgan fingerprint density at radius 2 is 1.87 bits per heavy atom. The average molecular weight is 545 g/mol. The highest BCUT2D eigenvalue weighted by Gasteiger charge is 2.37. The molecule has 1 unspecified atom stereocenters. The summed E-state index contributed by atoms with van der Waals surface area (Å²) in [6.45, 7) is 18.5. The largest absolute Gasteiger partial charge is 0.507 e. The normalized spacial score (nSPS) is 16.8. The van der Waals surface area contributed by atoms with E-state index in [-0.39, 0.29) is 28.7 Å². The number of rotatable bonds is 7. The lowest BCUT2D eigenvalue weighted by Gasteiger charge is -2.36. The summed E-state index contributed by atoms with van der Waals surface area (Å²) in [5.41, 5.74) is 7.21. The van der Waals surface area contributed by atoms with E-state index in [4.69, 9.17) is 19.6 Å². The smallest absolute Gasteiger partial charge is 0.410 e. The first-order chi connectivity index (χ1) is 17.6. The molecule has 1 aromatic carbocycles. The number of phenols is 1. The summed E-state index contributed by atoms with van der Waals surface area (Å²) in [6.07, 6.45) is 1.34. The molecule has 0 bridgehead atoms. The number of aromatic nitrogens is 2. The fourth-order valence-electron chi connectivity index (χ4n) is 4.10. The van der Waals surface area contributed by atoms with Crippen molar-refractivity contribution in [3.8, 4) is 22.8 Å². The Balaban J connectivity index is 1.80. The van der Waals surface area contributed by atoms with Crippen LogP contribution in [-0.2, 0) is 9.16 Å². The van der Waals surface area contributed by atoms with Crippen molar-refractivity contribution >= 4 is 20.4 Å². The van der Waals surface area contributed by atoms with Gasteiger partial charge in [0.05, 0.1) is 23.6 Å². The van der Waals surface area contributed by atoms with Crippen molar-refractivity contribution < 1.29 is 23.8 Å². The zero-order chi connectivity index (χ0) is 28.3. The van der Waals surface area contributed by atoms with Gasteiger partial charge in [0.2, 0.25) is 5.95 Å². The van der Waals surface area contributed by atoms with Crippen LogP contribution in [0.1, 0.15) is 66.0 Å². The van der Waals surface area contributed by atoms with Gasteiger partial charge in [0.1, 0.15) is 23.7 Å². The quantitative estimate of drug-likeness (QED) is 0.324. The molecule has 1 aliphatic rings. The van der Waals surface area contributed by atoms with Crippen molar-refractivity contribution in [3.05, 3.63) is 30.0 Å². The molecule has 1 amide bonds. The third-order valence-corrected chi connectivity index (χ3v) is 11.7. The lowest BCUT2D eigenvalue weighted by molar-refractivity contribution is 0.0197. The molecule has 1 saturated heterocycles. The van der Waals surface area contributed by atoms with Crippen LogP contribution in [-0.4, -0.2) is 66.3 Å². The van der Waals surface area contributed by atoms with Gasteiger partial charge >= 0.3 is 6.09 Å². The predicted octanol–water partition coefficient (Wildman–Crippen LogP) is 5.95. The number of phenolic OH excluding ortho intramolecular Hbond substituents is 1. The van der Waals surface area contributed by atoms with Gasteiger partial charge in [0.15, 0.2) is 8.32 Å². The molecule has 2 heterocycles. The van der Waals surface area contributed by atoms with Crippen LogP contribution in [0.5, 0.6) is 11.5 Å². The number of carbonyl (C=O) groups excluding carboxylic acids is 1. The number of aromatic hydroxyl groups is 1. The number of amides is 1. The number of anilines is 1. The number of hydrogen-bond donors (Lipinski definition) is 2. The van der Waals surface area contributed by atoms with Crippen molar-refractivity contribution in [2.45, 2.75) is 84.0 Å². The van der Waals surface area contributed by atoms with Gasteiger partial charge in [-0.05, 0) is 69.9 Å². The summed E-state index contributed by atoms with van der Waals surface area (Å²) >= 11 is 0. The van der Waals surface area contributed by atoms with Gasteiger partial charge in [0, 0.05) is 19.0 Å². The maximum Gasteiger partial charge on any atom is 0.410 e. The fraction of sp³-hybridized carbons (Fsp3) is 0.607. The van der Waals surface area contributed by atoms with E-state index in [9.17, 15) is 9.90 Å². The summed E-state index contributed by atoms with van der Waals surface area (Å²) < 4.78 is 17.9. The van der Waals surface area contributed by atoms with Crippen molar-refractivity contribution in [2.75, 3.05) is 32.0 Å². The third kappa shape index (κ3) is 7.60. The summed E-state index contributed by atoms with van der Waals surface area (Å²) in [4.78, 5) is 23.3. The van der Waals surface area contributed by atoms with Crippen molar-refractivity contribution in [2.24, 2.45) is 0 Å². The van der Waals surface area contributed by atoms with E-state index in [1.807, 2.05) is 26.8 Å². The summed E-state index contributed by atoms with van der Waals surface area (Å²) in [5.74, 6) is 0.596. The Hall–Kier alpha value is -2.85. The van der Waals surface area contributed by atoms with Crippen LogP contribution >= 0.6 is 0 Å². The minimum absolute atomic E-state index is 0.0338. The zero-order valence-electron chi connectivity index (χ0n) is 24.1. The molecule has 0 spiro atoms. The molecule has 1 atom stereocenters. The highest BCUT2D eigenvalue weighted by molar-refractivity contribution is 6.74. The highest BCUT2D eigenvalue weighted by Crippen LogP contribution is 2.39. The van der Waals surface area contributed by atoms with Gasteiger partial charge in [-0.15, -0.1) is 0 Å². The van der Waals surface area contributed by atoms with E-state index in [2.05, 4.69) is 43.8 Å². The minimum Gasteiger partial charge on any atom is -0.507 e. The number of carbonyl (C=O) groups is 1. The SMILES string of the molecule is CC(C)(C)OC(=O)N1CCCC(c2cc(-c3c(O)cccc3OCCO[Si](C)(C)C(C)(C)C)nc(N)n2)C1. The lowest BCUT2D eigenvalue weighted by atomic mass is 9.93. The van der Waals surface area contributed by atoms with Crippen LogP contribution in [0.15, 0.2) is 24.3 Å². The van der Waals surface area contributed by atoms with Crippen LogP contribution in [0.4, 0.5) is 10.7 Å². The number of nitrogen functional groups attached to an aromatic ring is 1. The van der Waals surface area contributed by atoms with E-state index in [1.165, 1.54) is 0 Å². The molecule has 1 fully saturated rings. The van der Waals surface area contributed by atoms with Crippen molar-refractivity contribution in [1.29, 1.82) is 0 Å². The van der Waals surface area contributed by atoms with Crippen molar-refractivity contribution in [3.63, 3.8) is 0 Å². The Kier molecular flexibility index (Phi) is 8.98. The Labute approximate surface area is 227 Å². The minimum atomic E-state index is -1.90. The van der Waals surface area contributed by atoms with E-state index >= 15 is 0 Å². The third-order valence-electron chi connectivity index (χ3n) is 7.12. The predicted molar refractivity (Wildman–Crippen MR) is 152 cm³/mol. The van der Waals surface area contributed by atoms with Gasteiger partial charge < -0.3 is 29.6 Å². The maximum absolute atomic E-state index is 12.7. The van der Waals surface area contributed by atoms with E-state index in [0.29, 0.717) is 43.3 Å². The first-order valence-electron chi connectivity index (χ1n) is 13.3. The van der Waals surface area contributed by atoms with Gasteiger partial charge in [0.25, 0.3) is 0 Å². The molecule has 210 valence electrons. The van der Waals surface area contributed by atoms with E-state index < -0.39 is 13.9 Å². The average Bonchev–Trinajstić information content (AvgIpc) is 2.80. The second-order valence-electron chi connectivity index (χ2n) is 12.4. The number of ether oxygens (including phenoxy) is 2. The standard InChI is InChI=1S/C28H44N4O5Si/c1-27(2,3)37-26(34)32-14-10-11-19(18-32)20-17-21(31-25(29)30-20)24-22(33)12-9-13-23(24)35-15-16-36-38(7,8)28(4,5)6/h9,12-13,17,19,33H,10-11,14-16,18H2,1-8H3,(H2,29,30,31). The molecule has 3 N–H and O–H groups in total. The van der Waals surface area contributed by atoms with E-state index in [1.54, 1.807) is 23.1 Å². The van der Waals surface area contributed by atoms with Crippen LogP contribution in [0.25, 0.3) is 11.3 Å². The van der Waals surface area contributed by atoms with Gasteiger partial charge in [-0.3, -0.25) is 0 Å². The van der Waals surface area contributed by atoms with E-state index in [0.717, 1.165) is 18.5 Å². The topological polar surface area (TPSA) is 120 Å². The maximum atomic E-state index is 12.7. The molecule has 1 aliphatic heterocycles. The van der Waals surface area contributed by atoms with Crippen LogP contribution < -0.4 is 10.5 Å². The Morgan fingerprint density at radius 1 is 1.16 bits per heavy atom. The van der Waals surface area contributed by atoms with Crippen LogP contribution in [0.3, 0.4) is 0 Å². The van der Waals surface area contributed by atoms with Gasteiger partial charge in [-0.25, -0.2) is 14.8 Å². The molecule has 10 heteroatoms. The number of piperidine rings is 1. The molecule has 9 nitrogen and oxygen atoms in total. The summed E-state index contributed by atoms with van der Waals surface area (Å²) in [7, 11) is -1.90. The summed E-state index contributed by atoms with van der Waals surface area (Å²) in [6, 6.07) is 6.95. The number of likely N-dealkylation sites (tertiary alicyclic amines) is 1. The molecular weight excluding hydrogens is 500 g/mol. The van der Waals surface area contributed by atoms with Crippen LogP contribution in [0.2, 0.25) is 18.1 Å². The number of hydrogen-bond acceptors (Lipinski definition) is 8. The Morgan fingerprint density at radius 3 is 2.53 bits per heavy atom. The molecule has 3 rings (SSSR count). The highest BCUT2D eigenvalue weighted by atomic mass is 28.4. The molecule has 0 radical (unpaired) electrons. The summed E-state index contributed by atoms with van der Waals surface area (Å²) in [5, 5.41) is 10.9. The fourth-order valence-corrected chi connectivity index (χ4v) is 5.12. The number of nitrogens with two attached hydrogens (primary N) is 1. The van der Waals surface area contributed by atoms with Gasteiger partial charge in [-0.2, -0.15) is 0 Å². The second-order valence-corrected chi connectivity index (χ2v) is 17.2. The molecule has 38 heavy (non-hydrogen) atoms. The van der Waals surface area contributed by atoms with Crippen LogP contribution in [0, 0.1) is 0 Å². The number of benzene rings is 1. The molecular formula is C28H44N4O5Si. The second kappa shape index (κ2) is 11.5. The number of nitrogens with zero attached hydrogens (tertiary/aromatic N) is 3. The first kappa shape index (κ1) is 29.7. The molecule has 0 saturated carbocycles. The van der Waals surface area contributed by atoms with Crippen molar-refractivity contribution in [1.82, 2.24) is 14.9 Å². The Bertz CT molecular complexity index is 1130. The lowest BCUT2D eigenvalue weighted by Crippen LogP contribution is -2.42. The molecule has 1 aromatic heterocycles. The molecule has 0 aliphatic carbocycles. The van der Waals surface area contributed by atoms with Gasteiger partial charge in [-0.1, -0.05) is 26.8 Å².